The van der Waals surface area contributed by atoms with Gasteiger partial charge < -0.3 is 11.5 Å². The number of aromatic nitrogens is 1. The minimum atomic E-state index is -4.44. The summed E-state index contributed by atoms with van der Waals surface area (Å²) in [5, 5.41) is 5.43. The molecule has 10 N–H and O–H groups in total. The Morgan fingerprint density at radius 3 is 2.25 bits per heavy atom. The molecule has 3 rings (SSSR count). The number of pyridine rings is 1. The van der Waals surface area contributed by atoms with Crippen molar-refractivity contribution >= 4 is 25.7 Å². The molecule has 0 atom stereocenters. The van der Waals surface area contributed by atoms with Gasteiger partial charge in [-0.15, -0.1) is 0 Å². The van der Waals surface area contributed by atoms with Gasteiger partial charge in [0.15, 0.2) is 9.84 Å². The summed E-state index contributed by atoms with van der Waals surface area (Å²) in [7, 11) is -8.44. The molecule has 2 heterocycles. The van der Waals surface area contributed by atoms with Crippen LogP contribution in [0, 0.1) is 0 Å². The van der Waals surface area contributed by atoms with Crippen LogP contribution in [0.25, 0.3) is 11.1 Å². The molecule has 1 aromatic heterocycles. The standard InChI is InChI=1S/C14H20N8O4S2/c15-5-6-27(23,24)10-3-2-9(8-1-4-11(16)18-7-8)12(13(10)28(17,25)26)14-19-21-22-20-14/h1-4,7,14,19-22H,5-6,15H2,(H2,16,18)(H2,17,25,26). The van der Waals surface area contributed by atoms with Crippen LogP contribution in [0.4, 0.5) is 5.82 Å². The number of hydrazine groups is 3. The van der Waals surface area contributed by atoms with Crippen molar-refractivity contribution in [3.05, 3.63) is 36.0 Å². The summed E-state index contributed by atoms with van der Waals surface area (Å²) in [6.45, 7) is -0.172. The van der Waals surface area contributed by atoms with Crippen LogP contribution >= 0.6 is 0 Å². The Balaban J connectivity index is 2.38. The predicted molar refractivity (Wildman–Crippen MR) is 102 cm³/mol. The average molecular weight is 429 g/mol. The van der Waals surface area contributed by atoms with Crippen molar-refractivity contribution in [1.82, 2.24) is 26.9 Å². The van der Waals surface area contributed by atoms with Gasteiger partial charge in [-0.3, -0.25) is 0 Å². The molecule has 0 amide bonds. The van der Waals surface area contributed by atoms with Gasteiger partial charge in [-0.25, -0.2) is 37.8 Å². The number of rotatable bonds is 6. The number of primary sulfonamides is 1. The van der Waals surface area contributed by atoms with E-state index in [1.165, 1.54) is 18.3 Å². The van der Waals surface area contributed by atoms with Crippen LogP contribution in [-0.2, 0) is 19.9 Å². The van der Waals surface area contributed by atoms with Crippen LogP contribution in [0.2, 0.25) is 0 Å². The van der Waals surface area contributed by atoms with Crippen LogP contribution in [0.1, 0.15) is 11.7 Å². The molecule has 152 valence electrons. The molecule has 1 aliphatic heterocycles. The summed E-state index contributed by atoms with van der Waals surface area (Å²) < 4.78 is 50.3. The number of sulfone groups is 1. The summed E-state index contributed by atoms with van der Waals surface area (Å²) in [6, 6.07) is 5.87. The van der Waals surface area contributed by atoms with E-state index >= 15 is 0 Å². The van der Waals surface area contributed by atoms with E-state index in [1.807, 2.05) is 0 Å². The largest absolute Gasteiger partial charge is 0.384 e. The van der Waals surface area contributed by atoms with Crippen LogP contribution < -0.4 is 38.5 Å². The lowest BCUT2D eigenvalue weighted by Gasteiger charge is -2.21. The molecule has 2 aromatic rings. The fourth-order valence-electron chi connectivity index (χ4n) is 2.88. The number of nitrogens with two attached hydrogens (primary N) is 3. The molecule has 0 saturated carbocycles. The molecule has 12 nitrogen and oxygen atoms in total. The number of hydrogen-bond acceptors (Lipinski definition) is 11. The molecule has 1 saturated heterocycles. The van der Waals surface area contributed by atoms with Crippen molar-refractivity contribution in [2.45, 2.75) is 16.0 Å². The lowest BCUT2D eigenvalue weighted by molar-refractivity contribution is 0.534. The van der Waals surface area contributed by atoms with Crippen molar-refractivity contribution < 1.29 is 16.8 Å². The van der Waals surface area contributed by atoms with Gasteiger partial charge in [-0.05, 0) is 23.8 Å². The van der Waals surface area contributed by atoms with E-state index in [0.29, 0.717) is 11.1 Å². The summed E-state index contributed by atoms with van der Waals surface area (Å²) in [4.78, 5) is 3.07. The highest BCUT2D eigenvalue weighted by Gasteiger charge is 2.33. The summed E-state index contributed by atoms with van der Waals surface area (Å²) in [5.41, 5.74) is 22.7. The van der Waals surface area contributed by atoms with E-state index < -0.39 is 41.6 Å². The second-order valence-electron chi connectivity index (χ2n) is 5.95. The predicted octanol–water partition coefficient (Wildman–Crippen LogP) is -2.17. The first-order valence-electron chi connectivity index (χ1n) is 8.00. The Morgan fingerprint density at radius 2 is 1.71 bits per heavy atom. The molecule has 0 aliphatic carbocycles. The smallest absolute Gasteiger partial charge is 0.239 e. The van der Waals surface area contributed by atoms with E-state index in [1.54, 1.807) is 12.1 Å². The molecule has 0 spiro atoms. The van der Waals surface area contributed by atoms with E-state index in [4.69, 9.17) is 16.6 Å². The van der Waals surface area contributed by atoms with Crippen LogP contribution in [0.15, 0.2) is 40.3 Å². The molecular weight excluding hydrogens is 408 g/mol. The number of nitrogen functional groups attached to an aromatic ring is 1. The van der Waals surface area contributed by atoms with Crippen LogP contribution in [0.5, 0.6) is 0 Å². The molecule has 1 fully saturated rings. The second kappa shape index (κ2) is 7.69. The zero-order chi connectivity index (χ0) is 20.5. The zero-order valence-corrected chi connectivity index (χ0v) is 16.1. The van der Waals surface area contributed by atoms with Gasteiger partial charge in [-0.2, -0.15) is 11.1 Å². The molecule has 0 radical (unpaired) electrons. The first-order valence-corrected chi connectivity index (χ1v) is 11.2. The lowest BCUT2D eigenvalue weighted by Crippen LogP contribution is -2.33. The maximum atomic E-state index is 12.7. The summed E-state index contributed by atoms with van der Waals surface area (Å²) in [5.74, 6) is -0.153. The monoisotopic (exact) mass is 428 g/mol. The van der Waals surface area contributed by atoms with Gasteiger partial charge in [0.2, 0.25) is 10.0 Å². The van der Waals surface area contributed by atoms with E-state index in [-0.39, 0.29) is 17.9 Å². The molecule has 0 bridgehead atoms. The topological polar surface area (TPSA) is 207 Å². The Labute approximate surface area is 161 Å². The number of nitrogens with one attached hydrogen (secondary N) is 4. The second-order valence-corrected chi connectivity index (χ2v) is 9.53. The highest BCUT2D eigenvalue weighted by molar-refractivity contribution is 7.93. The fraction of sp³-hybridized carbons (Fsp3) is 0.214. The van der Waals surface area contributed by atoms with Gasteiger partial charge in [0, 0.05) is 23.9 Å². The molecule has 1 aromatic carbocycles. The zero-order valence-electron chi connectivity index (χ0n) is 14.5. The maximum absolute atomic E-state index is 12.7. The highest BCUT2D eigenvalue weighted by atomic mass is 32.2. The number of nitrogens with zero attached hydrogens (tertiary/aromatic N) is 1. The van der Waals surface area contributed by atoms with Gasteiger partial charge in [-0.1, -0.05) is 6.07 Å². The molecule has 28 heavy (non-hydrogen) atoms. The van der Waals surface area contributed by atoms with Crippen LogP contribution in [0.3, 0.4) is 0 Å². The summed E-state index contributed by atoms with van der Waals surface area (Å²) in [6.07, 6.45) is 0.624. The van der Waals surface area contributed by atoms with Crippen molar-refractivity contribution in [1.29, 1.82) is 0 Å². The quantitative estimate of drug-likeness (QED) is 0.263. The first-order chi connectivity index (χ1) is 13.1. The SMILES string of the molecule is NCCS(=O)(=O)c1ccc(-c2ccc(N)nc2)c(C2NNNN2)c1S(N)(=O)=O. The number of anilines is 1. The van der Waals surface area contributed by atoms with Gasteiger partial charge in [0.1, 0.15) is 16.9 Å². The first kappa shape index (κ1) is 20.6. The Hall–Kier alpha value is -2.17. The van der Waals surface area contributed by atoms with Gasteiger partial charge >= 0.3 is 0 Å². The maximum Gasteiger partial charge on any atom is 0.239 e. The van der Waals surface area contributed by atoms with Crippen molar-refractivity contribution in [3.8, 4) is 11.1 Å². The Bertz CT molecular complexity index is 1080. The van der Waals surface area contributed by atoms with Crippen molar-refractivity contribution in [3.63, 3.8) is 0 Å². The van der Waals surface area contributed by atoms with Crippen LogP contribution in [-0.4, -0.2) is 34.1 Å². The van der Waals surface area contributed by atoms with Crippen molar-refractivity contribution in [2.75, 3.05) is 18.0 Å². The number of benzene rings is 1. The van der Waals surface area contributed by atoms with E-state index in [9.17, 15) is 16.8 Å². The Kier molecular flexibility index (Phi) is 5.64. The minimum Gasteiger partial charge on any atom is -0.384 e. The number of sulfonamides is 1. The third-order valence-corrected chi connectivity index (χ3v) is 6.97. The normalized spacial score (nSPS) is 15.8. The molecule has 0 unspecified atom stereocenters. The minimum absolute atomic E-state index is 0.102. The average Bonchev–Trinajstić information content (AvgIpc) is 3.15. The fourth-order valence-corrected chi connectivity index (χ4v) is 5.69. The third kappa shape index (κ3) is 3.98. The number of hydrogen-bond donors (Lipinski definition) is 7. The van der Waals surface area contributed by atoms with Gasteiger partial charge in [0.25, 0.3) is 0 Å². The Morgan fingerprint density at radius 1 is 1.04 bits per heavy atom. The highest BCUT2D eigenvalue weighted by Crippen LogP contribution is 2.36. The molecule has 1 aliphatic rings. The van der Waals surface area contributed by atoms with Crippen molar-refractivity contribution in [2.24, 2.45) is 10.9 Å². The van der Waals surface area contributed by atoms with Gasteiger partial charge in [0.05, 0.1) is 10.6 Å². The van der Waals surface area contributed by atoms with E-state index in [0.717, 1.165) is 0 Å². The molecule has 14 heteroatoms. The summed E-state index contributed by atoms with van der Waals surface area (Å²) >= 11 is 0. The lowest BCUT2D eigenvalue weighted by atomic mass is 9.99. The third-order valence-electron chi connectivity index (χ3n) is 4.05. The van der Waals surface area contributed by atoms with E-state index in [2.05, 4.69) is 26.9 Å². The molecular formula is C14H20N8O4S2.